The number of rotatable bonds is 6. The van der Waals surface area contributed by atoms with Gasteiger partial charge in [-0.2, -0.15) is 0 Å². The summed E-state index contributed by atoms with van der Waals surface area (Å²) in [5.74, 6) is 1.78. The summed E-state index contributed by atoms with van der Waals surface area (Å²) in [6.45, 7) is 5.49. The number of anilines is 1. The smallest absolute Gasteiger partial charge is 0.142 e. The lowest BCUT2D eigenvalue weighted by Gasteiger charge is -2.13. The normalized spacial score (nSPS) is 10.2. The number of aryl methyl sites for hydroxylation is 1. The van der Waals surface area contributed by atoms with Crippen LogP contribution in [0.1, 0.15) is 18.1 Å². The van der Waals surface area contributed by atoms with E-state index in [-0.39, 0.29) is 0 Å². The predicted octanol–water partition coefficient (Wildman–Crippen LogP) is 4.01. The Balaban J connectivity index is 2.05. The van der Waals surface area contributed by atoms with Crippen molar-refractivity contribution in [2.75, 3.05) is 19.0 Å². The third kappa shape index (κ3) is 3.67. The molecule has 0 aromatic heterocycles. The Kier molecular flexibility index (Phi) is 4.88. The quantitative estimate of drug-likeness (QED) is 0.861. The Morgan fingerprint density at radius 2 is 1.80 bits per heavy atom. The lowest BCUT2D eigenvalue weighted by atomic mass is 10.2. The zero-order valence-electron chi connectivity index (χ0n) is 12.3. The minimum absolute atomic E-state index is 0.667. The van der Waals surface area contributed by atoms with Crippen LogP contribution in [0.3, 0.4) is 0 Å². The lowest BCUT2D eigenvalue weighted by Crippen LogP contribution is -2.03. The van der Waals surface area contributed by atoms with E-state index in [2.05, 4.69) is 42.6 Å². The average Bonchev–Trinajstić information content (AvgIpc) is 2.47. The minimum atomic E-state index is 0.667. The van der Waals surface area contributed by atoms with Crippen molar-refractivity contribution in [1.82, 2.24) is 0 Å². The molecule has 0 aliphatic rings. The molecule has 0 saturated heterocycles. The standard InChI is InChI=1S/C17H21NO2/c1-4-20-17-11-13(2)5-10-16(17)18-12-14-6-8-15(19-3)9-7-14/h5-11,18H,4,12H2,1-3H3. The molecule has 0 spiro atoms. The van der Waals surface area contributed by atoms with E-state index in [0.717, 1.165) is 23.7 Å². The van der Waals surface area contributed by atoms with Crippen molar-refractivity contribution in [2.45, 2.75) is 20.4 Å². The van der Waals surface area contributed by atoms with Crippen LogP contribution in [0.4, 0.5) is 5.69 Å². The van der Waals surface area contributed by atoms with E-state index in [0.29, 0.717) is 6.61 Å². The Bertz CT molecular complexity index is 549. The van der Waals surface area contributed by atoms with Crippen LogP contribution in [-0.2, 0) is 6.54 Å². The second kappa shape index (κ2) is 6.85. The molecule has 0 saturated carbocycles. The Morgan fingerprint density at radius 1 is 1.05 bits per heavy atom. The third-order valence-electron chi connectivity index (χ3n) is 3.08. The van der Waals surface area contributed by atoms with Crippen molar-refractivity contribution in [1.29, 1.82) is 0 Å². The van der Waals surface area contributed by atoms with Crippen LogP contribution in [0, 0.1) is 6.92 Å². The maximum Gasteiger partial charge on any atom is 0.142 e. The molecule has 106 valence electrons. The Morgan fingerprint density at radius 3 is 2.45 bits per heavy atom. The van der Waals surface area contributed by atoms with Gasteiger partial charge in [-0.05, 0) is 49.2 Å². The molecule has 0 aliphatic carbocycles. The van der Waals surface area contributed by atoms with Crippen molar-refractivity contribution < 1.29 is 9.47 Å². The highest BCUT2D eigenvalue weighted by Gasteiger charge is 2.03. The summed E-state index contributed by atoms with van der Waals surface area (Å²) in [7, 11) is 1.67. The van der Waals surface area contributed by atoms with Gasteiger partial charge in [0.25, 0.3) is 0 Å². The van der Waals surface area contributed by atoms with Gasteiger partial charge >= 0.3 is 0 Å². The predicted molar refractivity (Wildman–Crippen MR) is 82.7 cm³/mol. The maximum atomic E-state index is 5.66. The van der Waals surface area contributed by atoms with E-state index in [1.54, 1.807) is 7.11 Å². The van der Waals surface area contributed by atoms with Gasteiger partial charge in [0.05, 0.1) is 19.4 Å². The first-order valence-electron chi connectivity index (χ1n) is 6.83. The van der Waals surface area contributed by atoms with Crippen molar-refractivity contribution in [3.05, 3.63) is 53.6 Å². The molecule has 1 N–H and O–H groups in total. The molecule has 20 heavy (non-hydrogen) atoms. The molecule has 0 unspecified atom stereocenters. The largest absolute Gasteiger partial charge is 0.497 e. The van der Waals surface area contributed by atoms with Gasteiger partial charge in [0, 0.05) is 6.54 Å². The SMILES string of the molecule is CCOc1cc(C)ccc1NCc1ccc(OC)cc1. The fourth-order valence-corrected chi connectivity index (χ4v) is 1.99. The molecule has 0 amide bonds. The van der Waals surface area contributed by atoms with E-state index in [1.165, 1.54) is 11.1 Å². The molecule has 2 rings (SSSR count). The minimum Gasteiger partial charge on any atom is -0.497 e. The van der Waals surface area contributed by atoms with Gasteiger partial charge in [0.2, 0.25) is 0 Å². The number of methoxy groups -OCH3 is 1. The molecule has 0 atom stereocenters. The topological polar surface area (TPSA) is 30.5 Å². The molecule has 0 radical (unpaired) electrons. The summed E-state index contributed by atoms with van der Waals surface area (Å²) in [6.07, 6.45) is 0. The molecule has 0 fully saturated rings. The van der Waals surface area contributed by atoms with Gasteiger partial charge < -0.3 is 14.8 Å². The van der Waals surface area contributed by atoms with Gasteiger partial charge in [-0.25, -0.2) is 0 Å². The number of hydrogen-bond donors (Lipinski definition) is 1. The molecule has 2 aromatic rings. The summed E-state index contributed by atoms with van der Waals surface area (Å²) in [5.41, 5.74) is 3.42. The highest BCUT2D eigenvalue weighted by molar-refractivity contribution is 5.58. The van der Waals surface area contributed by atoms with Crippen molar-refractivity contribution in [3.8, 4) is 11.5 Å². The van der Waals surface area contributed by atoms with Crippen LogP contribution in [0.5, 0.6) is 11.5 Å². The lowest BCUT2D eigenvalue weighted by molar-refractivity contribution is 0.341. The van der Waals surface area contributed by atoms with E-state index in [9.17, 15) is 0 Å². The van der Waals surface area contributed by atoms with Crippen molar-refractivity contribution in [2.24, 2.45) is 0 Å². The number of ether oxygens (including phenoxy) is 2. The zero-order valence-corrected chi connectivity index (χ0v) is 12.3. The second-order valence-corrected chi connectivity index (χ2v) is 4.63. The molecule has 0 bridgehead atoms. The van der Waals surface area contributed by atoms with E-state index < -0.39 is 0 Å². The maximum absolute atomic E-state index is 5.66. The fraction of sp³-hybridized carbons (Fsp3) is 0.294. The van der Waals surface area contributed by atoms with Gasteiger partial charge in [0.15, 0.2) is 0 Å². The molecule has 3 heteroatoms. The van der Waals surface area contributed by atoms with Gasteiger partial charge in [-0.3, -0.25) is 0 Å². The van der Waals surface area contributed by atoms with Crippen LogP contribution in [-0.4, -0.2) is 13.7 Å². The van der Waals surface area contributed by atoms with E-state index >= 15 is 0 Å². The molecule has 2 aromatic carbocycles. The van der Waals surface area contributed by atoms with Gasteiger partial charge in [-0.1, -0.05) is 18.2 Å². The monoisotopic (exact) mass is 271 g/mol. The molecular weight excluding hydrogens is 250 g/mol. The molecular formula is C17H21NO2. The summed E-state index contributed by atoms with van der Waals surface area (Å²) in [5, 5.41) is 3.41. The van der Waals surface area contributed by atoms with Gasteiger partial charge in [0.1, 0.15) is 11.5 Å². The van der Waals surface area contributed by atoms with Crippen molar-refractivity contribution >= 4 is 5.69 Å². The number of nitrogens with one attached hydrogen (secondary N) is 1. The number of benzene rings is 2. The van der Waals surface area contributed by atoms with E-state index in [1.807, 2.05) is 19.1 Å². The Labute approximate surface area is 120 Å². The van der Waals surface area contributed by atoms with Crippen LogP contribution in [0.2, 0.25) is 0 Å². The first kappa shape index (κ1) is 14.3. The van der Waals surface area contributed by atoms with Crippen LogP contribution >= 0.6 is 0 Å². The highest BCUT2D eigenvalue weighted by Crippen LogP contribution is 2.26. The molecule has 3 nitrogen and oxygen atoms in total. The van der Waals surface area contributed by atoms with Crippen LogP contribution in [0.25, 0.3) is 0 Å². The molecule has 0 heterocycles. The highest BCUT2D eigenvalue weighted by atomic mass is 16.5. The van der Waals surface area contributed by atoms with Crippen molar-refractivity contribution in [3.63, 3.8) is 0 Å². The second-order valence-electron chi connectivity index (χ2n) is 4.63. The van der Waals surface area contributed by atoms with Crippen LogP contribution in [0.15, 0.2) is 42.5 Å². The molecule has 0 aliphatic heterocycles. The summed E-state index contributed by atoms with van der Waals surface area (Å²) in [6, 6.07) is 14.2. The van der Waals surface area contributed by atoms with Crippen LogP contribution < -0.4 is 14.8 Å². The zero-order chi connectivity index (χ0) is 14.4. The summed E-state index contributed by atoms with van der Waals surface area (Å²) < 4.78 is 10.8. The first-order valence-corrected chi connectivity index (χ1v) is 6.83. The summed E-state index contributed by atoms with van der Waals surface area (Å²) >= 11 is 0. The summed E-state index contributed by atoms with van der Waals surface area (Å²) in [4.78, 5) is 0. The number of hydrogen-bond acceptors (Lipinski definition) is 3. The Hall–Kier alpha value is -2.16. The first-order chi connectivity index (χ1) is 9.72. The van der Waals surface area contributed by atoms with Gasteiger partial charge in [-0.15, -0.1) is 0 Å². The third-order valence-corrected chi connectivity index (χ3v) is 3.08. The average molecular weight is 271 g/mol. The van der Waals surface area contributed by atoms with E-state index in [4.69, 9.17) is 9.47 Å². The fourth-order valence-electron chi connectivity index (χ4n) is 1.99.